The highest BCUT2D eigenvalue weighted by Crippen LogP contribution is 2.23. The fraction of sp³-hybridized carbons (Fsp3) is 0.200. The number of aryl methyl sites for hydroxylation is 1. The third kappa shape index (κ3) is 4.44. The van der Waals surface area contributed by atoms with Gasteiger partial charge in [-0.25, -0.2) is 0 Å². The van der Waals surface area contributed by atoms with E-state index in [0.29, 0.717) is 49.5 Å². The van der Waals surface area contributed by atoms with Gasteiger partial charge in [0, 0.05) is 25.9 Å². The van der Waals surface area contributed by atoms with Crippen molar-refractivity contribution in [1.82, 2.24) is 24.1 Å². The van der Waals surface area contributed by atoms with E-state index in [1.807, 2.05) is 82.1 Å². The van der Waals surface area contributed by atoms with Crippen LogP contribution in [0.25, 0.3) is 22.3 Å². The zero-order valence-electron chi connectivity index (χ0n) is 20.5. The first-order valence-corrected chi connectivity index (χ1v) is 12.6. The molecule has 0 atom stereocenters. The van der Waals surface area contributed by atoms with Crippen molar-refractivity contribution in [2.45, 2.75) is 25.8 Å². The summed E-state index contributed by atoms with van der Waals surface area (Å²) in [6.45, 7) is 1.72. The van der Waals surface area contributed by atoms with Crippen molar-refractivity contribution >= 4 is 28.2 Å². The number of carbonyl (C=O) groups excluding carboxylic acids is 1. The van der Waals surface area contributed by atoms with E-state index in [2.05, 4.69) is 28.4 Å². The lowest BCUT2D eigenvalue weighted by atomic mass is 9.99. The minimum Gasteiger partial charge on any atom is -0.339 e. The maximum atomic E-state index is 13.4. The van der Waals surface area contributed by atoms with Crippen molar-refractivity contribution in [3.63, 3.8) is 0 Å². The van der Waals surface area contributed by atoms with Crippen molar-refractivity contribution in [1.29, 1.82) is 0 Å². The molecule has 1 aliphatic heterocycles. The summed E-state index contributed by atoms with van der Waals surface area (Å²) >= 11 is 0. The predicted molar refractivity (Wildman–Crippen MR) is 144 cm³/mol. The highest BCUT2D eigenvalue weighted by atomic mass is 16.2. The van der Waals surface area contributed by atoms with E-state index in [0.717, 1.165) is 17.5 Å². The fourth-order valence-corrected chi connectivity index (χ4v) is 5.07. The molecule has 1 amide bonds. The molecule has 0 fully saturated rings. The molecule has 37 heavy (non-hydrogen) atoms. The van der Waals surface area contributed by atoms with E-state index in [1.165, 1.54) is 11.1 Å². The quantitative estimate of drug-likeness (QED) is 0.356. The lowest BCUT2D eigenvalue weighted by Gasteiger charge is -2.26. The average Bonchev–Trinajstić information content (AvgIpc) is 3.39. The van der Waals surface area contributed by atoms with E-state index in [9.17, 15) is 9.59 Å². The van der Waals surface area contributed by atoms with E-state index in [-0.39, 0.29) is 11.5 Å². The Morgan fingerprint density at radius 2 is 1.59 bits per heavy atom. The van der Waals surface area contributed by atoms with Gasteiger partial charge in [0.1, 0.15) is 5.82 Å². The molecule has 0 saturated carbocycles. The molecule has 0 unspecified atom stereocenters. The van der Waals surface area contributed by atoms with Gasteiger partial charge >= 0.3 is 0 Å². The van der Waals surface area contributed by atoms with Crippen LogP contribution in [-0.2, 0) is 17.8 Å². The van der Waals surface area contributed by atoms with Gasteiger partial charge in [0.05, 0.1) is 17.4 Å². The van der Waals surface area contributed by atoms with Gasteiger partial charge < -0.3 is 4.90 Å². The summed E-state index contributed by atoms with van der Waals surface area (Å²) in [5.74, 6) is 1.27. The number of benzene rings is 3. The molecule has 0 spiro atoms. The van der Waals surface area contributed by atoms with Crippen LogP contribution in [0.3, 0.4) is 0 Å². The van der Waals surface area contributed by atoms with Crippen LogP contribution in [0.2, 0.25) is 0 Å². The summed E-state index contributed by atoms with van der Waals surface area (Å²) in [5, 5.41) is 9.43. The van der Waals surface area contributed by atoms with E-state index in [1.54, 1.807) is 4.57 Å². The third-order valence-corrected chi connectivity index (χ3v) is 7.03. The van der Waals surface area contributed by atoms with Gasteiger partial charge in [0.15, 0.2) is 0 Å². The van der Waals surface area contributed by atoms with E-state index >= 15 is 0 Å². The topological polar surface area (TPSA) is 72.5 Å². The molecule has 0 aliphatic carbocycles. The normalized spacial score (nSPS) is 13.7. The number of amides is 1. The Labute approximate surface area is 214 Å². The highest BCUT2D eigenvalue weighted by Gasteiger charge is 2.21. The maximum Gasteiger partial charge on any atom is 0.263 e. The SMILES string of the molecule is O=C(CCc1nnc2n(Cc3ccccc3)c(=O)c3ccccc3n12)N1CC=C(c2ccccc2)CC1. The lowest BCUT2D eigenvalue weighted by molar-refractivity contribution is -0.130. The van der Waals surface area contributed by atoms with Gasteiger partial charge in [-0.2, -0.15) is 0 Å². The number of fused-ring (bicyclic) bond motifs is 3. The van der Waals surface area contributed by atoms with Crippen molar-refractivity contribution in [3.8, 4) is 0 Å². The lowest BCUT2D eigenvalue weighted by Crippen LogP contribution is -2.34. The Kier molecular flexibility index (Phi) is 6.10. The minimum absolute atomic E-state index is 0.0991. The first-order valence-electron chi connectivity index (χ1n) is 12.6. The van der Waals surface area contributed by atoms with Crippen molar-refractivity contribution < 1.29 is 4.79 Å². The van der Waals surface area contributed by atoms with Gasteiger partial charge in [-0.1, -0.05) is 78.9 Å². The van der Waals surface area contributed by atoms with E-state index < -0.39 is 0 Å². The Bertz CT molecular complexity index is 1670. The number of rotatable bonds is 6. The zero-order valence-corrected chi connectivity index (χ0v) is 20.5. The van der Waals surface area contributed by atoms with Crippen LogP contribution in [0.1, 0.15) is 29.8 Å². The van der Waals surface area contributed by atoms with Crippen LogP contribution < -0.4 is 5.56 Å². The molecule has 5 aromatic rings. The second kappa shape index (κ2) is 9.85. The average molecular weight is 490 g/mol. The Morgan fingerprint density at radius 3 is 2.35 bits per heavy atom. The number of nitrogens with zero attached hydrogens (tertiary/aromatic N) is 5. The van der Waals surface area contributed by atoms with Gasteiger partial charge in [-0.05, 0) is 35.3 Å². The Balaban J connectivity index is 1.26. The Hall–Kier alpha value is -4.52. The number of hydrogen-bond acceptors (Lipinski definition) is 4. The second-order valence-corrected chi connectivity index (χ2v) is 9.33. The predicted octanol–water partition coefficient (Wildman–Crippen LogP) is 4.34. The van der Waals surface area contributed by atoms with Crippen molar-refractivity contribution in [3.05, 3.63) is 118 Å². The summed E-state index contributed by atoms with van der Waals surface area (Å²) < 4.78 is 3.59. The number of aromatic nitrogens is 4. The summed E-state index contributed by atoms with van der Waals surface area (Å²) in [6, 6.07) is 27.7. The molecule has 1 aliphatic rings. The molecule has 0 bridgehead atoms. The van der Waals surface area contributed by atoms with Gasteiger partial charge in [0.25, 0.3) is 5.56 Å². The minimum atomic E-state index is -0.101. The van der Waals surface area contributed by atoms with Gasteiger partial charge in [0.2, 0.25) is 11.7 Å². The molecular formula is C30H27N5O2. The maximum absolute atomic E-state index is 13.4. The molecule has 0 radical (unpaired) electrons. The largest absolute Gasteiger partial charge is 0.339 e. The smallest absolute Gasteiger partial charge is 0.263 e. The molecule has 0 N–H and O–H groups in total. The second-order valence-electron chi connectivity index (χ2n) is 9.33. The van der Waals surface area contributed by atoms with Crippen LogP contribution in [0.5, 0.6) is 0 Å². The summed E-state index contributed by atoms with van der Waals surface area (Å²) in [7, 11) is 0. The first kappa shape index (κ1) is 22.9. The van der Waals surface area contributed by atoms with Gasteiger partial charge in [-0.3, -0.25) is 18.6 Å². The van der Waals surface area contributed by atoms with Crippen LogP contribution in [0, 0.1) is 0 Å². The molecule has 184 valence electrons. The fourth-order valence-electron chi connectivity index (χ4n) is 5.07. The number of para-hydroxylation sites is 1. The molecule has 7 nitrogen and oxygen atoms in total. The highest BCUT2D eigenvalue weighted by molar-refractivity contribution is 5.81. The molecule has 3 heterocycles. The molecule has 7 heteroatoms. The van der Waals surface area contributed by atoms with Crippen LogP contribution >= 0.6 is 0 Å². The number of carbonyl (C=O) groups is 1. The summed E-state index contributed by atoms with van der Waals surface area (Å²) in [5.41, 5.74) is 4.17. The van der Waals surface area contributed by atoms with Crippen LogP contribution in [0.4, 0.5) is 0 Å². The molecule has 2 aromatic heterocycles. The van der Waals surface area contributed by atoms with Crippen LogP contribution in [-0.4, -0.2) is 43.1 Å². The first-order chi connectivity index (χ1) is 18.2. The van der Waals surface area contributed by atoms with Crippen molar-refractivity contribution in [2.24, 2.45) is 0 Å². The molecular weight excluding hydrogens is 462 g/mol. The Morgan fingerprint density at radius 1 is 0.865 bits per heavy atom. The van der Waals surface area contributed by atoms with Crippen molar-refractivity contribution in [2.75, 3.05) is 13.1 Å². The van der Waals surface area contributed by atoms with Gasteiger partial charge in [-0.15, -0.1) is 10.2 Å². The zero-order chi connectivity index (χ0) is 25.2. The third-order valence-electron chi connectivity index (χ3n) is 7.03. The molecule has 3 aromatic carbocycles. The summed E-state index contributed by atoms with van der Waals surface area (Å²) in [6.07, 6.45) is 3.78. The van der Waals surface area contributed by atoms with Crippen LogP contribution in [0.15, 0.2) is 95.8 Å². The standard InChI is InChI=1S/C30H27N5O2/c36-28(33-19-17-24(18-20-33)23-11-5-2-6-12-23)16-15-27-31-32-30-34(21-22-9-3-1-4-10-22)29(37)25-13-7-8-14-26(25)35(27)30/h1-14,17H,15-16,18-21H2. The molecule has 0 saturated heterocycles. The number of hydrogen-bond donors (Lipinski definition) is 0. The van der Waals surface area contributed by atoms with E-state index in [4.69, 9.17) is 0 Å². The summed E-state index contributed by atoms with van der Waals surface area (Å²) in [4.78, 5) is 28.4. The molecule has 6 rings (SSSR count). The monoisotopic (exact) mass is 489 g/mol.